The van der Waals surface area contributed by atoms with Crippen LogP contribution in [0, 0.1) is 11.8 Å². The third-order valence-electron chi connectivity index (χ3n) is 5.86. The van der Waals surface area contributed by atoms with Crippen LogP contribution < -0.4 is 5.43 Å². The van der Waals surface area contributed by atoms with E-state index in [0.29, 0.717) is 5.92 Å². The van der Waals surface area contributed by atoms with Gasteiger partial charge >= 0.3 is 0 Å². The number of rotatable bonds is 7. The van der Waals surface area contributed by atoms with E-state index in [0.717, 1.165) is 24.1 Å². The molecule has 0 bridgehead atoms. The monoisotopic (exact) mass is 396 g/mol. The molecular weight excluding hydrogens is 368 g/mol. The number of hydrogen-bond donors (Lipinski definition) is 1. The Morgan fingerprint density at radius 1 is 0.900 bits per heavy atom. The molecule has 0 radical (unpaired) electrons. The number of benzene rings is 3. The summed E-state index contributed by atoms with van der Waals surface area (Å²) in [5, 5.41) is 4.57. The summed E-state index contributed by atoms with van der Waals surface area (Å²) in [6.45, 7) is 4.33. The van der Waals surface area contributed by atoms with Gasteiger partial charge in [0.15, 0.2) is 0 Å². The van der Waals surface area contributed by atoms with Gasteiger partial charge in [-0.05, 0) is 35.4 Å². The fourth-order valence-corrected chi connectivity index (χ4v) is 4.30. The van der Waals surface area contributed by atoms with Gasteiger partial charge in [-0.3, -0.25) is 4.79 Å². The smallest absolute Gasteiger partial charge is 0.244 e. The molecule has 4 rings (SSSR count). The molecule has 3 heteroatoms. The minimum atomic E-state index is -0.271. The van der Waals surface area contributed by atoms with Gasteiger partial charge in [0.2, 0.25) is 5.91 Å². The molecule has 3 nitrogen and oxygen atoms in total. The van der Waals surface area contributed by atoms with Crippen LogP contribution in [-0.2, 0) is 10.2 Å². The van der Waals surface area contributed by atoms with Crippen molar-refractivity contribution in [1.82, 2.24) is 5.43 Å². The van der Waals surface area contributed by atoms with E-state index in [-0.39, 0.29) is 17.2 Å². The number of hydrogen-bond acceptors (Lipinski definition) is 2. The number of amides is 1. The lowest BCUT2D eigenvalue weighted by Crippen LogP contribution is -2.27. The van der Waals surface area contributed by atoms with Crippen molar-refractivity contribution in [2.45, 2.75) is 32.1 Å². The number of nitrogens with zero attached hydrogens (tertiary/aromatic N) is 1. The van der Waals surface area contributed by atoms with Crippen molar-refractivity contribution >= 4 is 11.6 Å². The average molecular weight is 397 g/mol. The maximum Gasteiger partial charge on any atom is 0.244 e. The van der Waals surface area contributed by atoms with Crippen LogP contribution in [0.3, 0.4) is 0 Å². The van der Waals surface area contributed by atoms with Gasteiger partial charge in [0.1, 0.15) is 0 Å². The molecule has 1 amide bonds. The van der Waals surface area contributed by atoms with Crippen LogP contribution in [0.25, 0.3) is 0 Å². The molecule has 1 saturated carbocycles. The Bertz CT molecular complexity index is 971. The Morgan fingerprint density at radius 3 is 1.90 bits per heavy atom. The van der Waals surface area contributed by atoms with E-state index >= 15 is 0 Å². The zero-order chi connectivity index (χ0) is 21.0. The Morgan fingerprint density at radius 2 is 1.40 bits per heavy atom. The van der Waals surface area contributed by atoms with E-state index in [9.17, 15) is 4.79 Å². The molecule has 0 aromatic heterocycles. The molecule has 1 N–H and O–H groups in total. The van der Waals surface area contributed by atoms with Crippen LogP contribution >= 0.6 is 0 Å². The minimum absolute atomic E-state index is 0.0140. The fourth-order valence-electron chi connectivity index (χ4n) is 4.30. The Hall–Kier alpha value is -3.20. The Kier molecular flexibility index (Phi) is 5.80. The molecule has 30 heavy (non-hydrogen) atoms. The van der Waals surface area contributed by atoms with Gasteiger partial charge in [-0.15, -0.1) is 0 Å². The van der Waals surface area contributed by atoms with Crippen molar-refractivity contribution in [2.75, 3.05) is 0 Å². The second-order valence-corrected chi connectivity index (χ2v) is 8.46. The fraction of sp³-hybridized carbons (Fsp3) is 0.259. The second-order valence-electron chi connectivity index (χ2n) is 8.46. The molecule has 0 unspecified atom stereocenters. The Labute approximate surface area is 178 Å². The molecule has 1 aliphatic carbocycles. The molecule has 0 saturated heterocycles. The Balaban J connectivity index is 1.59. The predicted octanol–water partition coefficient (Wildman–Crippen LogP) is 5.56. The van der Waals surface area contributed by atoms with Crippen LogP contribution in [0.4, 0.5) is 0 Å². The first kappa shape index (κ1) is 20.1. The summed E-state index contributed by atoms with van der Waals surface area (Å²) in [5.41, 5.74) is 6.97. The van der Waals surface area contributed by atoms with E-state index in [1.54, 1.807) is 0 Å². The highest BCUT2D eigenvalue weighted by molar-refractivity contribution is 6.01. The van der Waals surface area contributed by atoms with Crippen molar-refractivity contribution in [1.29, 1.82) is 0 Å². The molecule has 0 heterocycles. The summed E-state index contributed by atoms with van der Waals surface area (Å²) >= 11 is 0. The maximum atomic E-state index is 13.2. The summed E-state index contributed by atoms with van der Waals surface area (Å²) in [6, 6.07) is 30.8. The van der Waals surface area contributed by atoms with Crippen LogP contribution in [0.15, 0.2) is 96.1 Å². The first-order valence-electron chi connectivity index (χ1n) is 10.6. The summed E-state index contributed by atoms with van der Waals surface area (Å²) in [6.07, 6.45) is 1.62. The van der Waals surface area contributed by atoms with Crippen LogP contribution in [0.2, 0.25) is 0 Å². The van der Waals surface area contributed by atoms with Crippen molar-refractivity contribution in [3.8, 4) is 0 Å². The number of carbonyl (C=O) groups is 1. The molecule has 3 aromatic rings. The van der Waals surface area contributed by atoms with Crippen molar-refractivity contribution < 1.29 is 4.79 Å². The highest BCUT2D eigenvalue weighted by atomic mass is 16.2. The molecule has 3 aromatic carbocycles. The standard InChI is InChI=1S/C27H28N2O/c1-20(2)18-25(21-12-6-3-7-13-21)28-29-26(30)24-19-27(24,22-14-8-4-9-15-22)23-16-10-5-11-17-23/h3-17,20,24H,18-19H2,1-2H3,(H,29,30)/b28-25-/t24-/m1/s1. The van der Waals surface area contributed by atoms with Gasteiger partial charge in [0.25, 0.3) is 0 Å². The highest BCUT2D eigenvalue weighted by Gasteiger charge is 2.60. The van der Waals surface area contributed by atoms with Gasteiger partial charge in [0, 0.05) is 5.41 Å². The third-order valence-corrected chi connectivity index (χ3v) is 5.86. The van der Waals surface area contributed by atoms with Gasteiger partial charge in [-0.1, -0.05) is 105 Å². The van der Waals surface area contributed by atoms with Crippen molar-refractivity contribution in [3.63, 3.8) is 0 Å². The summed E-state index contributed by atoms with van der Waals surface area (Å²) in [5.74, 6) is 0.316. The predicted molar refractivity (Wildman–Crippen MR) is 122 cm³/mol. The van der Waals surface area contributed by atoms with E-state index in [4.69, 9.17) is 0 Å². The number of hydrazone groups is 1. The van der Waals surface area contributed by atoms with E-state index in [2.05, 4.69) is 48.6 Å². The van der Waals surface area contributed by atoms with Crippen molar-refractivity contribution in [2.24, 2.45) is 16.9 Å². The highest BCUT2D eigenvalue weighted by Crippen LogP contribution is 2.58. The molecule has 0 spiro atoms. The van der Waals surface area contributed by atoms with Crippen LogP contribution in [0.1, 0.15) is 43.4 Å². The quantitative estimate of drug-likeness (QED) is 0.412. The maximum absolute atomic E-state index is 13.2. The molecule has 1 atom stereocenters. The SMILES string of the molecule is CC(C)C/C(=N/NC(=O)[C@H]1CC1(c1ccccc1)c1ccccc1)c1ccccc1. The van der Waals surface area contributed by atoms with E-state index < -0.39 is 0 Å². The topological polar surface area (TPSA) is 41.5 Å². The normalized spacial score (nSPS) is 17.6. The number of nitrogens with one attached hydrogen (secondary N) is 1. The lowest BCUT2D eigenvalue weighted by molar-refractivity contribution is -0.122. The molecular formula is C27H28N2O. The van der Waals surface area contributed by atoms with Crippen molar-refractivity contribution in [3.05, 3.63) is 108 Å². The second kappa shape index (κ2) is 8.66. The zero-order valence-electron chi connectivity index (χ0n) is 17.6. The summed E-state index contributed by atoms with van der Waals surface area (Å²) in [4.78, 5) is 13.2. The lowest BCUT2D eigenvalue weighted by atomic mass is 9.85. The summed E-state index contributed by atoms with van der Waals surface area (Å²) in [7, 11) is 0. The van der Waals surface area contributed by atoms with Gasteiger partial charge in [-0.2, -0.15) is 5.10 Å². The van der Waals surface area contributed by atoms with Gasteiger partial charge < -0.3 is 0 Å². The van der Waals surface area contributed by atoms with Gasteiger partial charge in [0.05, 0.1) is 11.6 Å². The molecule has 1 fully saturated rings. The molecule has 152 valence electrons. The van der Waals surface area contributed by atoms with Crippen LogP contribution in [-0.4, -0.2) is 11.6 Å². The first-order valence-corrected chi connectivity index (χ1v) is 10.6. The minimum Gasteiger partial charge on any atom is -0.273 e. The largest absolute Gasteiger partial charge is 0.273 e. The van der Waals surface area contributed by atoms with Crippen LogP contribution in [0.5, 0.6) is 0 Å². The number of carbonyl (C=O) groups excluding carboxylic acids is 1. The molecule has 1 aliphatic rings. The molecule has 0 aliphatic heterocycles. The lowest BCUT2D eigenvalue weighted by Gasteiger charge is -2.18. The van der Waals surface area contributed by atoms with E-state index in [1.807, 2.05) is 66.7 Å². The van der Waals surface area contributed by atoms with Gasteiger partial charge in [-0.25, -0.2) is 5.43 Å². The average Bonchev–Trinajstić information content (AvgIpc) is 3.55. The zero-order valence-corrected chi connectivity index (χ0v) is 17.6. The van der Waals surface area contributed by atoms with E-state index in [1.165, 1.54) is 11.1 Å². The summed E-state index contributed by atoms with van der Waals surface area (Å²) < 4.78 is 0. The first-order chi connectivity index (χ1) is 14.6. The third kappa shape index (κ3) is 4.06.